The maximum atomic E-state index is 2.24. The monoisotopic (exact) mass is 342 g/mol. The van der Waals surface area contributed by atoms with Crippen LogP contribution >= 0.6 is 0 Å². The zero-order valence-electron chi connectivity index (χ0n) is 17.1. The lowest BCUT2D eigenvalue weighted by Crippen LogP contribution is -1.50. The summed E-state index contributed by atoms with van der Waals surface area (Å²) in [5.74, 6) is 0. The van der Waals surface area contributed by atoms with Crippen LogP contribution in [0.1, 0.15) is 122 Å². The second-order valence-electron chi connectivity index (χ2n) is 5.32. The number of hydrogen-bond donors (Lipinski definition) is 0. The highest BCUT2D eigenvalue weighted by atomic mass is 13.9. The van der Waals surface area contributed by atoms with Crippen molar-refractivity contribution in [2.45, 2.75) is 122 Å². The van der Waals surface area contributed by atoms with Crippen LogP contribution in [0.3, 0.4) is 0 Å². The van der Waals surface area contributed by atoms with E-state index in [4.69, 9.17) is 0 Å². The summed E-state index contributed by atoms with van der Waals surface area (Å²) in [4.78, 5) is 0. The summed E-state index contributed by atoms with van der Waals surface area (Å²) in [6.45, 7) is 17.0. The first kappa shape index (κ1) is 38.7. The van der Waals surface area contributed by atoms with Gasteiger partial charge in [-0.25, -0.2) is 0 Å². The fourth-order valence-electron chi connectivity index (χ4n) is 0.982. The quantitative estimate of drug-likeness (QED) is 0.384. The van der Waals surface area contributed by atoms with Gasteiger partial charge in [0.25, 0.3) is 0 Å². The van der Waals surface area contributed by atoms with Gasteiger partial charge in [-0.05, 0) is 25.7 Å². The molecule has 0 aromatic rings. The molecule has 0 unspecified atom stereocenters. The highest BCUT2D eigenvalue weighted by Crippen LogP contribution is 2.05. The summed E-state index contributed by atoms with van der Waals surface area (Å²) in [7, 11) is 0. The summed E-state index contributed by atoms with van der Waals surface area (Å²) >= 11 is 0. The van der Waals surface area contributed by atoms with Gasteiger partial charge in [-0.3, -0.25) is 0 Å². The zero-order chi connectivity index (χ0) is 17.9. The molecule has 0 aromatic carbocycles. The molecule has 24 heavy (non-hydrogen) atoms. The smallest absolute Gasteiger partial charge is 0.0163 e. The van der Waals surface area contributed by atoms with Gasteiger partial charge < -0.3 is 0 Å². The van der Waals surface area contributed by atoms with Gasteiger partial charge in [-0.15, -0.1) is 0 Å². The summed E-state index contributed by atoms with van der Waals surface area (Å²) in [6, 6.07) is 0. The molecule has 2 aliphatic carbocycles. The highest BCUT2D eigenvalue weighted by Gasteiger charge is 1.84. The van der Waals surface area contributed by atoms with Crippen LogP contribution in [-0.2, 0) is 0 Å². The van der Waals surface area contributed by atoms with Crippen molar-refractivity contribution in [3.05, 3.63) is 36.5 Å². The Morgan fingerprint density at radius 1 is 0.500 bits per heavy atom. The molecule has 0 bridgehead atoms. The summed E-state index contributed by atoms with van der Waals surface area (Å²) in [6.07, 6.45) is 23.0. The normalized spacial score (nSPS) is 11.0. The van der Waals surface area contributed by atoms with Crippen LogP contribution in [0.4, 0.5) is 0 Å². The van der Waals surface area contributed by atoms with E-state index in [0.717, 1.165) is 6.42 Å². The van der Waals surface area contributed by atoms with Crippen LogP contribution in [0.15, 0.2) is 36.5 Å². The standard InChI is InChI=1S/C5H8.C5H6.4C3H8.2CH4/c2*1-2-4-5-3-1;4*1-3-2;;/h1-2H,3-5H2;1-4H,5H2;4*3H2,1-2H3;2*1H4. The van der Waals surface area contributed by atoms with Gasteiger partial charge in [-0.2, -0.15) is 0 Å². The molecule has 0 atom stereocenters. The van der Waals surface area contributed by atoms with Crippen LogP contribution in [0.2, 0.25) is 0 Å². The van der Waals surface area contributed by atoms with Crippen LogP contribution < -0.4 is 0 Å². The molecule has 0 saturated carbocycles. The van der Waals surface area contributed by atoms with E-state index in [2.05, 4.69) is 91.8 Å². The molecule has 0 saturated heterocycles. The van der Waals surface area contributed by atoms with Crippen molar-refractivity contribution in [1.82, 2.24) is 0 Å². The fraction of sp³-hybridized carbons (Fsp3) is 0.750. The van der Waals surface area contributed by atoms with E-state index < -0.39 is 0 Å². The average Bonchev–Trinajstić information content (AvgIpc) is 3.21. The Labute approximate surface area is 158 Å². The summed E-state index contributed by atoms with van der Waals surface area (Å²) in [5.41, 5.74) is 0. The Balaban J connectivity index is -0.0000000408. The Morgan fingerprint density at radius 3 is 0.833 bits per heavy atom. The Hall–Kier alpha value is -0.780. The van der Waals surface area contributed by atoms with Crippen molar-refractivity contribution >= 4 is 0 Å². The minimum atomic E-state index is 0. The predicted octanol–water partition coefficient (Wildman–Crippen LogP) is 10.2. The third kappa shape index (κ3) is 102. The fourth-order valence-corrected chi connectivity index (χ4v) is 0.982. The van der Waals surface area contributed by atoms with Gasteiger partial charge in [0.15, 0.2) is 0 Å². The Kier molecular flexibility index (Phi) is 92.2. The molecule has 0 aromatic heterocycles. The molecule has 0 radical (unpaired) electrons. The molecule has 0 N–H and O–H groups in total. The first-order chi connectivity index (χ1) is 10.7. The van der Waals surface area contributed by atoms with E-state index in [1.54, 1.807) is 0 Å². The second kappa shape index (κ2) is 57.2. The molecule has 0 heterocycles. The van der Waals surface area contributed by atoms with Gasteiger partial charge in [0, 0.05) is 0 Å². The molecule has 0 amide bonds. The minimum Gasteiger partial charge on any atom is -0.0885 e. The van der Waals surface area contributed by atoms with Gasteiger partial charge >= 0.3 is 0 Å². The zero-order valence-corrected chi connectivity index (χ0v) is 17.1. The first-order valence-electron chi connectivity index (χ1n) is 9.62. The molecule has 0 spiro atoms. The second-order valence-corrected chi connectivity index (χ2v) is 5.32. The van der Waals surface area contributed by atoms with Crippen molar-refractivity contribution in [2.75, 3.05) is 0 Å². The lowest BCUT2D eigenvalue weighted by Gasteiger charge is -1.69. The van der Waals surface area contributed by atoms with Crippen LogP contribution in [0.5, 0.6) is 0 Å². The number of rotatable bonds is 0. The number of allylic oxidation sites excluding steroid dienone is 6. The van der Waals surface area contributed by atoms with Crippen LogP contribution in [0, 0.1) is 0 Å². The maximum absolute atomic E-state index is 2.24. The van der Waals surface area contributed by atoms with Crippen molar-refractivity contribution < 1.29 is 0 Å². The van der Waals surface area contributed by atoms with Gasteiger partial charge in [-0.1, -0.05) is 132 Å². The molecule has 0 aliphatic heterocycles. The molecular weight excluding hydrogens is 288 g/mol. The van der Waals surface area contributed by atoms with Crippen LogP contribution in [0.25, 0.3) is 0 Å². The van der Waals surface area contributed by atoms with Gasteiger partial charge in [0.2, 0.25) is 0 Å². The molecule has 150 valence electrons. The third-order valence-electron chi connectivity index (χ3n) is 1.56. The molecular formula is C24H54. The van der Waals surface area contributed by atoms with Crippen molar-refractivity contribution in [2.24, 2.45) is 0 Å². The van der Waals surface area contributed by atoms with E-state index in [-0.39, 0.29) is 14.9 Å². The van der Waals surface area contributed by atoms with E-state index in [0.29, 0.717) is 0 Å². The Morgan fingerprint density at radius 2 is 0.750 bits per heavy atom. The van der Waals surface area contributed by atoms with E-state index in [9.17, 15) is 0 Å². The van der Waals surface area contributed by atoms with Crippen molar-refractivity contribution in [3.63, 3.8) is 0 Å². The average molecular weight is 343 g/mol. The third-order valence-corrected chi connectivity index (χ3v) is 1.56. The van der Waals surface area contributed by atoms with Gasteiger partial charge in [0.05, 0.1) is 0 Å². The van der Waals surface area contributed by atoms with E-state index in [1.807, 2.05) is 0 Å². The molecule has 2 rings (SSSR count). The lowest BCUT2D eigenvalue weighted by molar-refractivity contribution is 0.929. The van der Waals surface area contributed by atoms with Crippen molar-refractivity contribution in [1.29, 1.82) is 0 Å². The van der Waals surface area contributed by atoms with E-state index in [1.165, 1.54) is 44.9 Å². The van der Waals surface area contributed by atoms with Crippen LogP contribution in [-0.4, -0.2) is 0 Å². The van der Waals surface area contributed by atoms with E-state index >= 15 is 0 Å². The largest absolute Gasteiger partial charge is 0.0885 e. The van der Waals surface area contributed by atoms with Crippen molar-refractivity contribution in [3.8, 4) is 0 Å². The predicted molar refractivity (Wildman–Crippen MR) is 123 cm³/mol. The molecule has 0 heteroatoms. The Bertz CT molecular complexity index is 172. The number of hydrogen-bond acceptors (Lipinski definition) is 0. The summed E-state index contributed by atoms with van der Waals surface area (Å²) in [5, 5.41) is 0. The first-order valence-corrected chi connectivity index (χ1v) is 9.62. The topological polar surface area (TPSA) is 0 Å². The molecule has 2 aliphatic rings. The molecule has 0 nitrogen and oxygen atoms in total. The lowest BCUT2D eigenvalue weighted by atomic mass is 10.4. The summed E-state index contributed by atoms with van der Waals surface area (Å²) < 4.78 is 0. The van der Waals surface area contributed by atoms with Gasteiger partial charge in [0.1, 0.15) is 0 Å². The SMILES string of the molecule is C.C.C1=CCC=C1.C1=CCCC1.CCC.CCC.CCC.CCC. The minimum absolute atomic E-state index is 0. The maximum Gasteiger partial charge on any atom is -0.0163 e. The molecule has 0 fully saturated rings. The highest BCUT2D eigenvalue weighted by molar-refractivity contribution is 5.11.